The molecule has 0 aliphatic heterocycles. The van der Waals surface area contributed by atoms with Crippen LogP contribution in [0.25, 0.3) is 0 Å². The van der Waals surface area contributed by atoms with Crippen molar-refractivity contribution in [2.45, 2.75) is 6.42 Å². The molecule has 0 atom stereocenters. The van der Waals surface area contributed by atoms with Gasteiger partial charge in [-0.25, -0.2) is 9.59 Å². The van der Waals surface area contributed by atoms with E-state index >= 15 is 0 Å². The van der Waals surface area contributed by atoms with Crippen LogP contribution in [0.1, 0.15) is 31.8 Å². The van der Waals surface area contributed by atoms with Gasteiger partial charge in [-0.15, -0.1) is 0 Å². The lowest BCUT2D eigenvalue weighted by Gasteiger charge is -2.08. The van der Waals surface area contributed by atoms with Gasteiger partial charge in [0.2, 0.25) is 0 Å². The highest BCUT2D eigenvalue weighted by atomic mass is 16.4. The lowest BCUT2D eigenvalue weighted by atomic mass is 9.97. The van der Waals surface area contributed by atoms with Gasteiger partial charge in [0.25, 0.3) is 0 Å². The van der Waals surface area contributed by atoms with Gasteiger partial charge in [-0.05, 0) is 41.8 Å². The van der Waals surface area contributed by atoms with Crippen molar-refractivity contribution in [2.24, 2.45) is 0 Å². The van der Waals surface area contributed by atoms with Gasteiger partial charge in [-0.1, -0.05) is 18.2 Å². The Morgan fingerprint density at radius 3 is 2.35 bits per heavy atom. The molecular formula is C15H13NO4. The van der Waals surface area contributed by atoms with Crippen LogP contribution >= 0.6 is 0 Å². The summed E-state index contributed by atoms with van der Waals surface area (Å²) < 4.78 is 0. The standard InChI is InChI=1S/C15H13NO4/c16-12-3-1-2-9(7-12)6-10-4-5-11(14(17)18)8-13(10)15(19)20/h1-5,7-8H,6,16H2,(H,17,18)(H,19,20). The number of hydrogen-bond donors (Lipinski definition) is 3. The Morgan fingerprint density at radius 2 is 1.75 bits per heavy atom. The third-order valence-corrected chi connectivity index (χ3v) is 2.93. The molecule has 0 aliphatic rings. The molecule has 5 nitrogen and oxygen atoms in total. The zero-order valence-electron chi connectivity index (χ0n) is 10.5. The molecule has 0 aliphatic carbocycles. The number of carboxylic acids is 2. The zero-order chi connectivity index (χ0) is 14.7. The van der Waals surface area contributed by atoms with Gasteiger partial charge in [0.1, 0.15) is 0 Å². The third-order valence-electron chi connectivity index (χ3n) is 2.93. The van der Waals surface area contributed by atoms with E-state index < -0.39 is 11.9 Å². The monoisotopic (exact) mass is 271 g/mol. The normalized spacial score (nSPS) is 10.2. The minimum Gasteiger partial charge on any atom is -0.478 e. The highest BCUT2D eigenvalue weighted by molar-refractivity contribution is 5.94. The van der Waals surface area contributed by atoms with E-state index in [0.29, 0.717) is 17.7 Å². The number of anilines is 1. The van der Waals surface area contributed by atoms with E-state index in [0.717, 1.165) is 5.56 Å². The van der Waals surface area contributed by atoms with Crippen LogP contribution in [-0.2, 0) is 6.42 Å². The van der Waals surface area contributed by atoms with E-state index in [1.807, 2.05) is 6.07 Å². The maximum atomic E-state index is 11.2. The van der Waals surface area contributed by atoms with E-state index in [1.54, 1.807) is 18.2 Å². The van der Waals surface area contributed by atoms with Gasteiger partial charge in [0.15, 0.2) is 0 Å². The molecule has 0 amide bonds. The van der Waals surface area contributed by atoms with Crippen molar-refractivity contribution in [3.63, 3.8) is 0 Å². The molecular weight excluding hydrogens is 258 g/mol. The fraction of sp³-hybridized carbons (Fsp3) is 0.0667. The van der Waals surface area contributed by atoms with Crippen molar-refractivity contribution in [1.82, 2.24) is 0 Å². The highest BCUT2D eigenvalue weighted by Crippen LogP contribution is 2.18. The van der Waals surface area contributed by atoms with E-state index in [2.05, 4.69) is 0 Å². The first-order valence-corrected chi connectivity index (χ1v) is 5.91. The molecule has 20 heavy (non-hydrogen) atoms. The third kappa shape index (κ3) is 2.95. The highest BCUT2D eigenvalue weighted by Gasteiger charge is 2.14. The van der Waals surface area contributed by atoms with Gasteiger partial charge in [-0.3, -0.25) is 0 Å². The first-order valence-electron chi connectivity index (χ1n) is 5.91. The Kier molecular flexibility index (Phi) is 3.70. The summed E-state index contributed by atoms with van der Waals surface area (Å²) in [5.41, 5.74) is 7.65. The van der Waals surface area contributed by atoms with Crippen molar-refractivity contribution in [3.05, 3.63) is 64.7 Å². The number of carbonyl (C=O) groups is 2. The largest absolute Gasteiger partial charge is 0.478 e. The van der Waals surface area contributed by atoms with Crippen molar-refractivity contribution in [3.8, 4) is 0 Å². The summed E-state index contributed by atoms with van der Waals surface area (Å²) in [5, 5.41) is 18.1. The van der Waals surface area contributed by atoms with Crippen molar-refractivity contribution < 1.29 is 19.8 Å². The van der Waals surface area contributed by atoms with Gasteiger partial charge in [0.05, 0.1) is 11.1 Å². The van der Waals surface area contributed by atoms with Crippen LogP contribution in [0.2, 0.25) is 0 Å². The number of aromatic carboxylic acids is 2. The summed E-state index contributed by atoms with van der Waals surface area (Å²) in [5.74, 6) is -2.30. The van der Waals surface area contributed by atoms with Gasteiger partial charge >= 0.3 is 11.9 Å². The first kappa shape index (κ1) is 13.6. The minimum atomic E-state index is -1.15. The Morgan fingerprint density at radius 1 is 1.00 bits per heavy atom. The predicted octanol–water partition coefficient (Wildman–Crippen LogP) is 2.26. The smallest absolute Gasteiger partial charge is 0.336 e. The molecule has 0 unspecified atom stereocenters. The predicted molar refractivity (Wildman–Crippen MR) is 74.0 cm³/mol. The molecule has 5 heteroatoms. The van der Waals surface area contributed by atoms with E-state index in [4.69, 9.17) is 10.8 Å². The lowest BCUT2D eigenvalue weighted by molar-refractivity contribution is 0.0695. The molecule has 2 aromatic rings. The summed E-state index contributed by atoms with van der Waals surface area (Å²) >= 11 is 0. The zero-order valence-corrected chi connectivity index (χ0v) is 10.5. The van der Waals surface area contributed by atoms with Crippen LogP contribution in [-0.4, -0.2) is 22.2 Å². The van der Waals surface area contributed by atoms with Crippen LogP contribution in [0.4, 0.5) is 5.69 Å². The molecule has 2 rings (SSSR count). The first-order chi connectivity index (χ1) is 9.47. The Bertz CT molecular complexity index is 679. The Labute approximate surface area is 115 Å². The van der Waals surface area contributed by atoms with E-state index in [9.17, 15) is 14.7 Å². The molecule has 2 aromatic carbocycles. The van der Waals surface area contributed by atoms with Crippen molar-refractivity contribution >= 4 is 17.6 Å². The number of nitrogens with two attached hydrogens (primary N) is 1. The number of rotatable bonds is 4. The van der Waals surface area contributed by atoms with Gasteiger partial charge in [0, 0.05) is 5.69 Å². The molecule has 0 saturated heterocycles. The molecule has 0 fully saturated rings. The lowest BCUT2D eigenvalue weighted by Crippen LogP contribution is -2.07. The average Bonchev–Trinajstić information content (AvgIpc) is 2.38. The minimum absolute atomic E-state index is 0.00711. The van der Waals surface area contributed by atoms with Crippen LogP contribution < -0.4 is 5.73 Å². The van der Waals surface area contributed by atoms with E-state index in [-0.39, 0.29) is 11.1 Å². The van der Waals surface area contributed by atoms with E-state index in [1.165, 1.54) is 18.2 Å². The summed E-state index contributed by atoms with van der Waals surface area (Å²) in [7, 11) is 0. The van der Waals surface area contributed by atoms with Crippen molar-refractivity contribution in [1.29, 1.82) is 0 Å². The average molecular weight is 271 g/mol. The van der Waals surface area contributed by atoms with Crippen LogP contribution in [0, 0.1) is 0 Å². The molecule has 0 heterocycles. The van der Waals surface area contributed by atoms with Crippen LogP contribution in [0.3, 0.4) is 0 Å². The number of benzene rings is 2. The molecule has 0 aromatic heterocycles. The fourth-order valence-electron chi connectivity index (χ4n) is 1.99. The number of nitrogen functional groups attached to an aromatic ring is 1. The second-order valence-corrected chi connectivity index (χ2v) is 4.40. The van der Waals surface area contributed by atoms with Crippen LogP contribution in [0.15, 0.2) is 42.5 Å². The van der Waals surface area contributed by atoms with Gasteiger partial charge in [-0.2, -0.15) is 0 Å². The summed E-state index contributed by atoms with van der Waals surface area (Å²) in [4.78, 5) is 22.1. The SMILES string of the molecule is Nc1cccc(Cc2ccc(C(=O)O)cc2C(=O)O)c1. The fourth-order valence-corrected chi connectivity index (χ4v) is 1.99. The maximum Gasteiger partial charge on any atom is 0.336 e. The molecule has 0 spiro atoms. The van der Waals surface area contributed by atoms with Crippen LogP contribution in [0.5, 0.6) is 0 Å². The summed E-state index contributed by atoms with van der Waals surface area (Å²) in [6.07, 6.45) is 0.382. The maximum absolute atomic E-state index is 11.2. The van der Waals surface area contributed by atoms with Gasteiger partial charge < -0.3 is 15.9 Å². The molecule has 0 bridgehead atoms. The molecule has 4 N–H and O–H groups in total. The second-order valence-electron chi connectivity index (χ2n) is 4.40. The second kappa shape index (κ2) is 5.44. The Balaban J connectivity index is 2.41. The number of hydrogen-bond acceptors (Lipinski definition) is 3. The summed E-state index contributed by atoms with van der Waals surface area (Å²) in [6.45, 7) is 0. The molecule has 0 saturated carbocycles. The Hall–Kier alpha value is -2.82. The molecule has 102 valence electrons. The topological polar surface area (TPSA) is 101 Å². The van der Waals surface area contributed by atoms with Crippen molar-refractivity contribution in [2.75, 3.05) is 5.73 Å². The number of carboxylic acid groups (broad SMARTS) is 2. The molecule has 0 radical (unpaired) electrons. The quantitative estimate of drug-likeness (QED) is 0.740. The summed E-state index contributed by atoms with van der Waals surface area (Å²) in [6, 6.07) is 11.2.